The zero-order valence-corrected chi connectivity index (χ0v) is 10.3. The summed E-state index contributed by atoms with van der Waals surface area (Å²) in [7, 11) is 0. The van der Waals surface area contributed by atoms with Crippen LogP contribution in [0.5, 0.6) is 0 Å². The van der Waals surface area contributed by atoms with Gasteiger partial charge in [-0.2, -0.15) is 0 Å². The molecule has 0 radical (unpaired) electrons. The highest BCUT2D eigenvalue weighted by atomic mass is 35.5. The summed E-state index contributed by atoms with van der Waals surface area (Å²) < 4.78 is 0. The summed E-state index contributed by atoms with van der Waals surface area (Å²) in [6.07, 6.45) is 0. The number of nitrogens with one attached hydrogen (secondary N) is 1. The van der Waals surface area contributed by atoms with Crippen LogP contribution in [0.2, 0.25) is 5.02 Å². The van der Waals surface area contributed by atoms with Crippen molar-refractivity contribution < 1.29 is 4.79 Å². The maximum atomic E-state index is 12.0. The third kappa shape index (κ3) is 1.92. The summed E-state index contributed by atoms with van der Waals surface area (Å²) >= 11 is 7.49. The van der Waals surface area contributed by atoms with Gasteiger partial charge in [0.1, 0.15) is 0 Å². The predicted octanol–water partition coefficient (Wildman–Crippen LogP) is 4.06. The van der Waals surface area contributed by atoms with Crippen molar-refractivity contribution in [2.75, 3.05) is 5.32 Å². The number of hydrogen-bond donors (Lipinski definition) is 1. The molecule has 4 heteroatoms. The van der Waals surface area contributed by atoms with Gasteiger partial charge in [-0.1, -0.05) is 35.5 Å². The molecule has 2 aromatic rings. The summed E-state index contributed by atoms with van der Waals surface area (Å²) in [4.78, 5) is 14.0. The average molecular weight is 262 g/mol. The number of carbonyl (C=O) groups is 1. The number of carbonyl (C=O) groups excluding carboxylic acids is 1. The van der Waals surface area contributed by atoms with Crippen LogP contribution in [0.3, 0.4) is 0 Å². The molecule has 0 saturated heterocycles. The molecule has 0 atom stereocenters. The third-order valence-electron chi connectivity index (χ3n) is 2.54. The van der Waals surface area contributed by atoms with E-state index in [-0.39, 0.29) is 5.91 Å². The van der Waals surface area contributed by atoms with Crippen molar-refractivity contribution in [3.05, 3.63) is 53.1 Å². The fourth-order valence-corrected chi connectivity index (χ4v) is 2.92. The van der Waals surface area contributed by atoms with E-state index in [1.165, 1.54) is 0 Å². The second-order valence-electron chi connectivity index (χ2n) is 3.69. The molecule has 1 amide bonds. The first kappa shape index (κ1) is 10.7. The molecule has 1 aliphatic rings. The van der Waals surface area contributed by atoms with Crippen LogP contribution in [0.25, 0.3) is 0 Å². The Morgan fingerprint density at radius 3 is 2.76 bits per heavy atom. The van der Waals surface area contributed by atoms with Gasteiger partial charge >= 0.3 is 0 Å². The molecule has 0 aromatic heterocycles. The van der Waals surface area contributed by atoms with Crippen LogP contribution in [0.15, 0.2) is 52.3 Å². The Morgan fingerprint density at radius 1 is 1.06 bits per heavy atom. The van der Waals surface area contributed by atoms with Gasteiger partial charge in [0, 0.05) is 14.8 Å². The molecule has 2 aromatic carbocycles. The van der Waals surface area contributed by atoms with E-state index in [0.29, 0.717) is 10.6 Å². The second kappa shape index (κ2) is 4.09. The largest absolute Gasteiger partial charge is 0.321 e. The minimum Gasteiger partial charge on any atom is -0.321 e. The summed E-state index contributed by atoms with van der Waals surface area (Å²) in [6, 6.07) is 13.1. The van der Waals surface area contributed by atoms with Crippen LogP contribution in [0.4, 0.5) is 5.69 Å². The Bertz CT molecular complexity index is 612. The van der Waals surface area contributed by atoms with Crippen LogP contribution in [-0.2, 0) is 0 Å². The number of anilines is 1. The van der Waals surface area contributed by atoms with E-state index in [9.17, 15) is 4.79 Å². The van der Waals surface area contributed by atoms with Gasteiger partial charge in [-0.25, -0.2) is 0 Å². The standard InChI is InChI=1S/C13H8ClNOS/c14-8-5-6-11-9(7-8)13(16)15-10-3-1-2-4-12(10)17-11/h1-7H,(H,15,16). The van der Waals surface area contributed by atoms with E-state index >= 15 is 0 Å². The highest BCUT2D eigenvalue weighted by Gasteiger charge is 2.19. The molecule has 0 unspecified atom stereocenters. The van der Waals surface area contributed by atoms with Crippen molar-refractivity contribution >= 4 is 35.0 Å². The van der Waals surface area contributed by atoms with E-state index in [2.05, 4.69) is 5.32 Å². The fraction of sp³-hybridized carbons (Fsp3) is 0. The molecule has 1 aliphatic heterocycles. The zero-order valence-electron chi connectivity index (χ0n) is 8.74. The number of halogens is 1. The van der Waals surface area contributed by atoms with Crippen LogP contribution >= 0.6 is 23.4 Å². The van der Waals surface area contributed by atoms with Gasteiger partial charge in [-0.15, -0.1) is 0 Å². The predicted molar refractivity (Wildman–Crippen MR) is 70.0 cm³/mol. The fourth-order valence-electron chi connectivity index (χ4n) is 1.74. The lowest BCUT2D eigenvalue weighted by Gasteiger charge is -2.03. The molecule has 1 heterocycles. The van der Waals surface area contributed by atoms with E-state index in [0.717, 1.165) is 15.5 Å². The summed E-state index contributed by atoms with van der Waals surface area (Å²) in [6.45, 7) is 0. The van der Waals surface area contributed by atoms with Crippen LogP contribution in [0.1, 0.15) is 10.4 Å². The molecule has 1 N–H and O–H groups in total. The molecule has 17 heavy (non-hydrogen) atoms. The van der Waals surface area contributed by atoms with Crippen molar-refractivity contribution in [2.24, 2.45) is 0 Å². The Kier molecular flexibility index (Phi) is 2.57. The Hall–Kier alpha value is -1.45. The SMILES string of the molecule is O=C1Nc2ccccc2Sc2ccc(Cl)cc21. The molecule has 0 fully saturated rings. The number of fused-ring (bicyclic) bond motifs is 2. The molecule has 0 saturated carbocycles. The van der Waals surface area contributed by atoms with E-state index in [4.69, 9.17) is 11.6 Å². The van der Waals surface area contributed by atoms with Gasteiger partial charge in [-0.3, -0.25) is 4.79 Å². The maximum absolute atomic E-state index is 12.0. The van der Waals surface area contributed by atoms with Gasteiger partial charge in [0.2, 0.25) is 0 Å². The first-order valence-electron chi connectivity index (χ1n) is 5.12. The monoisotopic (exact) mass is 261 g/mol. The molecular weight excluding hydrogens is 254 g/mol. The number of amides is 1. The first-order valence-corrected chi connectivity index (χ1v) is 6.31. The average Bonchev–Trinajstić information content (AvgIpc) is 2.46. The molecule has 0 aliphatic carbocycles. The van der Waals surface area contributed by atoms with Crippen molar-refractivity contribution in [2.45, 2.75) is 9.79 Å². The number of para-hydroxylation sites is 1. The Morgan fingerprint density at radius 2 is 1.88 bits per heavy atom. The zero-order chi connectivity index (χ0) is 11.8. The van der Waals surface area contributed by atoms with E-state index < -0.39 is 0 Å². The molecular formula is C13H8ClNOS. The molecule has 2 nitrogen and oxygen atoms in total. The van der Waals surface area contributed by atoms with Crippen LogP contribution < -0.4 is 5.32 Å². The van der Waals surface area contributed by atoms with Crippen molar-refractivity contribution in [1.29, 1.82) is 0 Å². The molecule has 0 bridgehead atoms. The maximum Gasteiger partial charge on any atom is 0.256 e. The molecule has 3 rings (SSSR count). The van der Waals surface area contributed by atoms with Crippen molar-refractivity contribution in [3.8, 4) is 0 Å². The lowest BCUT2D eigenvalue weighted by atomic mass is 10.2. The number of benzene rings is 2. The molecule has 0 spiro atoms. The van der Waals surface area contributed by atoms with Crippen LogP contribution in [-0.4, -0.2) is 5.91 Å². The van der Waals surface area contributed by atoms with Gasteiger partial charge in [-0.05, 0) is 30.3 Å². The summed E-state index contributed by atoms with van der Waals surface area (Å²) in [5.74, 6) is -0.111. The third-order valence-corrected chi connectivity index (χ3v) is 3.93. The normalized spacial score (nSPS) is 13.4. The van der Waals surface area contributed by atoms with E-state index in [1.807, 2.05) is 30.3 Å². The second-order valence-corrected chi connectivity index (χ2v) is 5.21. The number of rotatable bonds is 0. The van der Waals surface area contributed by atoms with Crippen molar-refractivity contribution in [3.63, 3.8) is 0 Å². The van der Waals surface area contributed by atoms with Gasteiger partial charge in [0.05, 0.1) is 11.3 Å². The topological polar surface area (TPSA) is 29.1 Å². The number of hydrogen-bond acceptors (Lipinski definition) is 2. The van der Waals surface area contributed by atoms with Crippen LogP contribution in [0, 0.1) is 0 Å². The smallest absolute Gasteiger partial charge is 0.256 e. The Labute approximate surface area is 108 Å². The quantitative estimate of drug-likeness (QED) is 0.775. The summed E-state index contributed by atoms with van der Waals surface area (Å²) in [5, 5.41) is 3.46. The van der Waals surface area contributed by atoms with Gasteiger partial charge in [0.15, 0.2) is 0 Å². The minimum atomic E-state index is -0.111. The highest BCUT2D eigenvalue weighted by Crippen LogP contribution is 2.39. The minimum absolute atomic E-state index is 0.111. The van der Waals surface area contributed by atoms with Crippen molar-refractivity contribution in [1.82, 2.24) is 0 Å². The lowest BCUT2D eigenvalue weighted by molar-refractivity contribution is 0.102. The lowest BCUT2D eigenvalue weighted by Crippen LogP contribution is -2.11. The highest BCUT2D eigenvalue weighted by molar-refractivity contribution is 7.99. The molecule has 84 valence electrons. The van der Waals surface area contributed by atoms with E-state index in [1.54, 1.807) is 23.9 Å². The van der Waals surface area contributed by atoms with Gasteiger partial charge in [0.25, 0.3) is 5.91 Å². The summed E-state index contributed by atoms with van der Waals surface area (Å²) in [5.41, 5.74) is 1.47. The first-order chi connectivity index (χ1) is 8.24. The van der Waals surface area contributed by atoms with Gasteiger partial charge < -0.3 is 5.32 Å². The Balaban J connectivity index is 2.17.